The fourth-order valence-corrected chi connectivity index (χ4v) is 4.05. The normalized spacial score (nSPS) is 15.0. The van der Waals surface area contributed by atoms with Gasteiger partial charge in [0.2, 0.25) is 0 Å². The van der Waals surface area contributed by atoms with E-state index in [9.17, 15) is 13.2 Å². The summed E-state index contributed by atoms with van der Waals surface area (Å²) >= 11 is 1.68. The van der Waals surface area contributed by atoms with Crippen LogP contribution in [0.5, 0.6) is 0 Å². The van der Waals surface area contributed by atoms with Gasteiger partial charge in [-0.3, -0.25) is 0 Å². The molecule has 2 heterocycles. The predicted molar refractivity (Wildman–Crippen MR) is 112 cm³/mol. The Kier molecular flexibility index (Phi) is 7.35. The summed E-state index contributed by atoms with van der Waals surface area (Å²) in [5.41, 5.74) is 0.908. The highest BCUT2D eigenvalue weighted by Crippen LogP contribution is 2.29. The van der Waals surface area contributed by atoms with Crippen LogP contribution in [0, 0.1) is 0 Å². The van der Waals surface area contributed by atoms with Crippen molar-refractivity contribution in [3.63, 3.8) is 0 Å². The molecule has 29 heavy (non-hydrogen) atoms. The lowest BCUT2D eigenvalue weighted by Crippen LogP contribution is -2.38. The number of benzene rings is 1. The molecule has 0 amide bonds. The Morgan fingerprint density at radius 1 is 1.24 bits per heavy atom. The zero-order valence-corrected chi connectivity index (χ0v) is 17.2. The van der Waals surface area contributed by atoms with Gasteiger partial charge in [0.15, 0.2) is 11.1 Å². The van der Waals surface area contributed by atoms with Crippen molar-refractivity contribution in [2.45, 2.75) is 38.9 Å². The molecule has 0 unspecified atom stereocenters. The van der Waals surface area contributed by atoms with E-state index in [4.69, 9.17) is 4.98 Å². The zero-order valence-electron chi connectivity index (χ0n) is 16.4. The molecular formula is C20H26F3N5S. The highest BCUT2D eigenvalue weighted by Gasteiger charge is 2.30. The molecule has 1 fully saturated rings. The maximum absolute atomic E-state index is 12.8. The second kappa shape index (κ2) is 9.96. The van der Waals surface area contributed by atoms with E-state index in [1.54, 1.807) is 17.4 Å². The molecule has 158 valence electrons. The third-order valence-electron chi connectivity index (χ3n) is 4.61. The van der Waals surface area contributed by atoms with E-state index in [1.807, 2.05) is 6.92 Å². The summed E-state index contributed by atoms with van der Waals surface area (Å²) in [7, 11) is 0. The van der Waals surface area contributed by atoms with Gasteiger partial charge >= 0.3 is 6.18 Å². The summed E-state index contributed by atoms with van der Waals surface area (Å²) in [5.74, 6) is 0.583. The van der Waals surface area contributed by atoms with E-state index >= 15 is 0 Å². The fourth-order valence-electron chi connectivity index (χ4n) is 3.13. The summed E-state index contributed by atoms with van der Waals surface area (Å²) in [6.45, 7) is 5.61. The van der Waals surface area contributed by atoms with Gasteiger partial charge in [0.05, 0.1) is 17.8 Å². The van der Waals surface area contributed by atoms with Crippen molar-refractivity contribution in [1.82, 2.24) is 15.6 Å². The van der Waals surface area contributed by atoms with Crippen molar-refractivity contribution in [3.05, 3.63) is 46.5 Å². The Bertz CT molecular complexity index is 812. The molecule has 1 aliphatic rings. The molecule has 1 aromatic carbocycles. The second-order valence-electron chi connectivity index (χ2n) is 6.89. The van der Waals surface area contributed by atoms with E-state index in [0.717, 1.165) is 42.5 Å². The number of nitrogens with one attached hydrogen (secondary N) is 2. The molecule has 1 aromatic heterocycles. The van der Waals surface area contributed by atoms with E-state index in [0.29, 0.717) is 24.6 Å². The molecule has 0 radical (unpaired) electrons. The van der Waals surface area contributed by atoms with Crippen LogP contribution >= 0.6 is 11.3 Å². The highest BCUT2D eigenvalue weighted by molar-refractivity contribution is 7.13. The van der Waals surface area contributed by atoms with Gasteiger partial charge in [-0.25, -0.2) is 9.98 Å². The minimum atomic E-state index is -4.34. The van der Waals surface area contributed by atoms with Crippen LogP contribution in [0.2, 0.25) is 0 Å². The zero-order chi connectivity index (χ0) is 20.7. The lowest BCUT2D eigenvalue weighted by Gasteiger charge is -2.12. The number of alkyl halides is 3. The smallest absolute Gasteiger partial charge is 0.357 e. The Morgan fingerprint density at radius 2 is 2.03 bits per heavy atom. The molecule has 0 aliphatic carbocycles. The monoisotopic (exact) mass is 425 g/mol. The van der Waals surface area contributed by atoms with E-state index in [2.05, 4.69) is 25.9 Å². The maximum atomic E-state index is 12.8. The third kappa shape index (κ3) is 6.35. The first-order valence-corrected chi connectivity index (χ1v) is 10.7. The molecular weight excluding hydrogens is 399 g/mol. The van der Waals surface area contributed by atoms with Crippen LogP contribution < -0.4 is 15.5 Å². The summed E-state index contributed by atoms with van der Waals surface area (Å²) < 4.78 is 38.5. The van der Waals surface area contributed by atoms with Crippen molar-refractivity contribution in [2.24, 2.45) is 4.99 Å². The molecule has 0 saturated carbocycles. The van der Waals surface area contributed by atoms with Gasteiger partial charge in [-0.15, -0.1) is 11.3 Å². The van der Waals surface area contributed by atoms with Gasteiger partial charge in [0.1, 0.15) is 0 Å². The maximum Gasteiger partial charge on any atom is 0.416 e. The Labute approximate surface area is 173 Å². The Morgan fingerprint density at radius 3 is 2.76 bits per heavy atom. The molecule has 3 rings (SSSR count). The highest BCUT2D eigenvalue weighted by atomic mass is 32.1. The van der Waals surface area contributed by atoms with Crippen LogP contribution in [0.4, 0.5) is 18.3 Å². The molecule has 5 nitrogen and oxygen atoms in total. The van der Waals surface area contributed by atoms with Crippen molar-refractivity contribution in [3.8, 4) is 0 Å². The van der Waals surface area contributed by atoms with Gasteiger partial charge in [0.25, 0.3) is 0 Å². The van der Waals surface area contributed by atoms with Gasteiger partial charge in [-0.05, 0) is 37.5 Å². The number of guanidine groups is 1. The summed E-state index contributed by atoms with van der Waals surface area (Å²) in [5, 5.41) is 9.53. The summed E-state index contributed by atoms with van der Waals surface area (Å²) in [4.78, 5) is 11.4. The van der Waals surface area contributed by atoms with E-state index in [-0.39, 0.29) is 6.54 Å². The minimum Gasteiger partial charge on any atom is -0.357 e. The lowest BCUT2D eigenvalue weighted by molar-refractivity contribution is -0.137. The lowest BCUT2D eigenvalue weighted by atomic mass is 10.1. The number of hydrogen-bond donors (Lipinski definition) is 2. The number of rotatable bonds is 7. The van der Waals surface area contributed by atoms with E-state index < -0.39 is 11.7 Å². The molecule has 0 bridgehead atoms. The van der Waals surface area contributed by atoms with Crippen LogP contribution in [0.15, 0.2) is 34.6 Å². The van der Waals surface area contributed by atoms with Crippen LogP contribution in [-0.4, -0.2) is 37.1 Å². The summed E-state index contributed by atoms with van der Waals surface area (Å²) in [6, 6.07) is 5.27. The first-order valence-electron chi connectivity index (χ1n) is 9.83. The first kappa shape index (κ1) is 21.4. The average molecular weight is 426 g/mol. The minimum absolute atomic E-state index is 0.176. The second-order valence-corrected chi connectivity index (χ2v) is 7.72. The molecule has 2 aromatic rings. The summed E-state index contributed by atoms with van der Waals surface area (Å²) in [6.07, 6.45) is -1.13. The van der Waals surface area contributed by atoms with Crippen molar-refractivity contribution < 1.29 is 13.2 Å². The third-order valence-corrected chi connectivity index (χ3v) is 5.56. The Hall–Kier alpha value is -2.29. The molecule has 2 N–H and O–H groups in total. The van der Waals surface area contributed by atoms with Crippen molar-refractivity contribution >= 4 is 22.4 Å². The number of anilines is 1. The number of aromatic nitrogens is 1. The van der Waals surface area contributed by atoms with Crippen LogP contribution in [0.1, 0.15) is 36.6 Å². The number of nitrogens with zero attached hydrogens (tertiary/aromatic N) is 3. The van der Waals surface area contributed by atoms with Gasteiger partial charge in [-0.1, -0.05) is 12.1 Å². The quantitative estimate of drug-likeness (QED) is 0.519. The van der Waals surface area contributed by atoms with Crippen LogP contribution in [0.25, 0.3) is 0 Å². The van der Waals surface area contributed by atoms with E-state index in [1.165, 1.54) is 18.9 Å². The van der Waals surface area contributed by atoms with Crippen molar-refractivity contribution in [1.29, 1.82) is 0 Å². The number of thiazole rings is 1. The van der Waals surface area contributed by atoms with Crippen molar-refractivity contribution in [2.75, 3.05) is 31.1 Å². The fraction of sp³-hybridized carbons (Fsp3) is 0.500. The average Bonchev–Trinajstić information content (AvgIpc) is 3.37. The predicted octanol–water partition coefficient (Wildman–Crippen LogP) is 4.06. The molecule has 1 aliphatic heterocycles. The molecule has 1 saturated heterocycles. The molecule has 9 heteroatoms. The van der Waals surface area contributed by atoms with Gasteiger partial charge in [0, 0.05) is 38.0 Å². The number of halogens is 3. The van der Waals surface area contributed by atoms with Crippen LogP contribution in [0.3, 0.4) is 0 Å². The molecule has 0 spiro atoms. The number of hydrogen-bond acceptors (Lipinski definition) is 4. The van der Waals surface area contributed by atoms with Crippen LogP contribution in [-0.2, 0) is 19.1 Å². The molecule has 0 atom stereocenters. The topological polar surface area (TPSA) is 52.6 Å². The largest absolute Gasteiger partial charge is 0.416 e. The van der Waals surface area contributed by atoms with Gasteiger partial charge < -0.3 is 15.5 Å². The Balaban J connectivity index is 1.53. The number of aliphatic imine (C=N–C) groups is 1. The standard InChI is InChI=1S/C20H26F3N5S/c1-2-24-18(26-13-15-6-5-7-16(12-15)20(21,22)23)25-9-8-17-14-29-19(27-17)28-10-3-4-11-28/h5-7,12,14H,2-4,8-11,13H2,1H3,(H2,24,25,26). The van der Waals surface area contributed by atoms with Gasteiger partial charge in [-0.2, -0.15) is 13.2 Å². The SMILES string of the molecule is CCNC(=NCc1cccc(C(F)(F)F)c1)NCCc1csc(N2CCCC2)n1. The first-order chi connectivity index (χ1) is 14.0.